The summed E-state index contributed by atoms with van der Waals surface area (Å²) in [5, 5.41) is 0. The summed E-state index contributed by atoms with van der Waals surface area (Å²) in [6.45, 7) is 6.32. The molecule has 0 saturated carbocycles. The molecule has 0 unspecified atom stereocenters. The number of aromatic nitrogens is 1. The van der Waals surface area contributed by atoms with E-state index in [-0.39, 0.29) is 5.41 Å². The van der Waals surface area contributed by atoms with Gasteiger partial charge in [0, 0.05) is 6.20 Å². The molecular weight excluding hydrogens is 150 g/mol. The Bertz CT molecular complexity index is 269. The van der Waals surface area contributed by atoms with E-state index >= 15 is 0 Å². The van der Waals surface area contributed by atoms with Gasteiger partial charge in [0.2, 0.25) is 0 Å². The van der Waals surface area contributed by atoms with E-state index in [0.29, 0.717) is 5.69 Å². The van der Waals surface area contributed by atoms with Crippen LogP contribution in [0.4, 0.5) is 0 Å². The Morgan fingerprint density at radius 3 is 2.33 bits per heavy atom. The minimum Gasteiger partial charge on any atom is -0.283 e. The maximum atomic E-state index is 10.2. The van der Waals surface area contributed by atoms with Crippen LogP contribution in [0.5, 0.6) is 0 Å². The van der Waals surface area contributed by atoms with E-state index in [0.717, 1.165) is 5.56 Å². The molecule has 0 saturated heterocycles. The van der Waals surface area contributed by atoms with Gasteiger partial charge in [-0.3, -0.25) is 9.78 Å². The molecule has 2 heteroatoms. The molecule has 0 aliphatic carbocycles. The molecule has 0 spiro atoms. The van der Waals surface area contributed by atoms with Crippen LogP contribution in [0.1, 0.15) is 32.0 Å². The summed E-state index contributed by atoms with van der Waals surface area (Å²) in [4.78, 5) is 14.1. The van der Waals surface area contributed by atoms with E-state index in [4.69, 9.17) is 0 Å². The molecule has 0 atom stereocenters. The Hall–Kier alpha value is -1.18. The van der Waals surface area contributed by atoms with Gasteiger partial charge in [-0.05, 0) is 17.0 Å². The number of hydrogen-bond donors (Lipinski definition) is 0. The van der Waals surface area contributed by atoms with Gasteiger partial charge in [0.1, 0.15) is 5.69 Å². The van der Waals surface area contributed by atoms with Crippen molar-refractivity contribution in [2.45, 2.75) is 26.2 Å². The third-order valence-corrected chi connectivity index (χ3v) is 1.73. The molecule has 1 aromatic rings. The minimum absolute atomic E-state index is 0.0917. The summed E-state index contributed by atoms with van der Waals surface area (Å²) in [6, 6.07) is 3.60. The molecule has 1 heterocycles. The maximum absolute atomic E-state index is 10.2. The van der Waals surface area contributed by atoms with Crippen molar-refractivity contribution >= 4 is 6.29 Å². The van der Waals surface area contributed by atoms with Crippen LogP contribution in [0.2, 0.25) is 0 Å². The number of carbonyl (C=O) groups excluding carboxylic acids is 1. The van der Waals surface area contributed by atoms with Crippen LogP contribution in [0.3, 0.4) is 0 Å². The van der Waals surface area contributed by atoms with E-state index in [1.54, 1.807) is 18.5 Å². The Labute approximate surface area is 72.6 Å². The molecule has 0 amide bonds. The second-order valence-electron chi connectivity index (χ2n) is 3.78. The standard InChI is InChI=1S/C10H12NO/c1-10(2,3)8-4-5-9(7-12)11-6-8/h4-6H,1-3H3. The summed E-state index contributed by atoms with van der Waals surface area (Å²) >= 11 is 0. The zero-order chi connectivity index (χ0) is 9.19. The van der Waals surface area contributed by atoms with Gasteiger partial charge in [0.05, 0.1) is 0 Å². The molecule has 0 aliphatic rings. The van der Waals surface area contributed by atoms with Gasteiger partial charge in [0.25, 0.3) is 6.29 Å². The molecule has 63 valence electrons. The molecule has 1 rings (SSSR count). The first-order valence-corrected chi connectivity index (χ1v) is 3.89. The highest BCUT2D eigenvalue weighted by atomic mass is 16.1. The van der Waals surface area contributed by atoms with Gasteiger partial charge in [0.15, 0.2) is 0 Å². The van der Waals surface area contributed by atoms with E-state index in [2.05, 4.69) is 25.8 Å². The van der Waals surface area contributed by atoms with Crippen LogP contribution in [0.15, 0.2) is 18.3 Å². The zero-order valence-corrected chi connectivity index (χ0v) is 7.59. The Kier molecular flexibility index (Phi) is 2.27. The maximum Gasteiger partial charge on any atom is 0.253 e. The smallest absolute Gasteiger partial charge is 0.253 e. The average Bonchev–Trinajstić information content (AvgIpc) is 2.03. The van der Waals surface area contributed by atoms with E-state index < -0.39 is 0 Å². The molecule has 12 heavy (non-hydrogen) atoms. The number of rotatable bonds is 1. The molecule has 0 N–H and O–H groups in total. The predicted octanol–water partition coefficient (Wildman–Crippen LogP) is 1.84. The van der Waals surface area contributed by atoms with Gasteiger partial charge in [-0.1, -0.05) is 26.8 Å². The lowest BCUT2D eigenvalue weighted by Gasteiger charge is -2.17. The van der Waals surface area contributed by atoms with Crippen molar-refractivity contribution in [1.82, 2.24) is 4.98 Å². The van der Waals surface area contributed by atoms with Crippen LogP contribution in [0.25, 0.3) is 0 Å². The summed E-state index contributed by atoms with van der Waals surface area (Å²) < 4.78 is 0. The van der Waals surface area contributed by atoms with Gasteiger partial charge >= 0.3 is 0 Å². The Balaban J connectivity index is 3.00. The Morgan fingerprint density at radius 2 is 2.00 bits per heavy atom. The normalized spacial score (nSPS) is 11.2. The summed E-state index contributed by atoms with van der Waals surface area (Å²) in [6.07, 6.45) is 3.47. The lowest BCUT2D eigenvalue weighted by Crippen LogP contribution is -2.11. The third kappa shape index (κ3) is 1.91. The summed E-state index contributed by atoms with van der Waals surface area (Å²) in [5.74, 6) is 0. The first-order chi connectivity index (χ1) is 5.54. The highest BCUT2D eigenvalue weighted by Gasteiger charge is 2.13. The van der Waals surface area contributed by atoms with E-state index in [1.807, 2.05) is 6.07 Å². The number of nitrogens with zero attached hydrogens (tertiary/aromatic N) is 1. The second-order valence-corrected chi connectivity index (χ2v) is 3.78. The fraction of sp³-hybridized carbons (Fsp3) is 0.400. The SMILES string of the molecule is CC(C)(C)c1ccc([C]=O)nc1. The second kappa shape index (κ2) is 3.05. The highest BCUT2D eigenvalue weighted by molar-refractivity contribution is 5.72. The Morgan fingerprint density at radius 1 is 1.33 bits per heavy atom. The first-order valence-electron chi connectivity index (χ1n) is 3.89. The van der Waals surface area contributed by atoms with Gasteiger partial charge in [-0.15, -0.1) is 0 Å². The molecule has 0 aliphatic heterocycles. The van der Waals surface area contributed by atoms with Crippen molar-refractivity contribution < 1.29 is 4.79 Å². The highest BCUT2D eigenvalue weighted by Crippen LogP contribution is 2.20. The fourth-order valence-corrected chi connectivity index (χ4v) is 0.898. The van der Waals surface area contributed by atoms with Crippen LogP contribution >= 0.6 is 0 Å². The number of hydrogen-bond acceptors (Lipinski definition) is 2. The van der Waals surface area contributed by atoms with Gasteiger partial charge in [-0.2, -0.15) is 0 Å². The molecule has 0 bridgehead atoms. The lowest BCUT2D eigenvalue weighted by molar-refractivity contribution is 0.560. The minimum atomic E-state index is 0.0917. The van der Waals surface area contributed by atoms with Crippen molar-refractivity contribution in [3.63, 3.8) is 0 Å². The summed E-state index contributed by atoms with van der Waals surface area (Å²) in [7, 11) is 0. The fourth-order valence-electron chi connectivity index (χ4n) is 0.898. The summed E-state index contributed by atoms with van der Waals surface area (Å²) in [5.41, 5.74) is 1.58. The molecule has 0 aromatic carbocycles. The number of pyridine rings is 1. The van der Waals surface area contributed by atoms with E-state index in [9.17, 15) is 4.79 Å². The monoisotopic (exact) mass is 162 g/mol. The van der Waals surface area contributed by atoms with Crippen molar-refractivity contribution in [2.75, 3.05) is 0 Å². The quantitative estimate of drug-likeness (QED) is 0.630. The topological polar surface area (TPSA) is 30.0 Å². The van der Waals surface area contributed by atoms with Crippen LogP contribution < -0.4 is 0 Å². The molecular formula is C10H12NO. The molecule has 1 radical (unpaired) electrons. The van der Waals surface area contributed by atoms with Crippen LogP contribution in [-0.2, 0) is 10.2 Å². The van der Waals surface area contributed by atoms with Gasteiger partial charge < -0.3 is 0 Å². The van der Waals surface area contributed by atoms with E-state index in [1.165, 1.54) is 0 Å². The first kappa shape index (κ1) is 8.91. The van der Waals surface area contributed by atoms with Crippen LogP contribution in [-0.4, -0.2) is 11.3 Å². The predicted molar refractivity (Wildman–Crippen MR) is 47.7 cm³/mol. The van der Waals surface area contributed by atoms with Gasteiger partial charge in [-0.25, -0.2) is 0 Å². The van der Waals surface area contributed by atoms with Crippen molar-refractivity contribution in [3.8, 4) is 0 Å². The average molecular weight is 162 g/mol. The van der Waals surface area contributed by atoms with Crippen molar-refractivity contribution in [2.24, 2.45) is 0 Å². The largest absolute Gasteiger partial charge is 0.283 e. The third-order valence-electron chi connectivity index (χ3n) is 1.73. The van der Waals surface area contributed by atoms with Crippen molar-refractivity contribution in [3.05, 3.63) is 29.6 Å². The molecule has 1 aromatic heterocycles. The van der Waals surface area contributed by atoms with Crippen molar-refractivity contribution in [1.29, 1.82) is 0 Å². The zero-order valence-electron chi connectivity index (χ0n) is 7.59. The van der Waals surface area contributed by atoms with Crippen LogP contribution in [0, 0.1) is 0 Å². The molecule has 0 fully saturated rings. The lowest BCUT2D eigenvalue weighted by atomic mass is 9.88. The molecule has 2 nitrogen and oxygen atoms in total.